The zero-order valence-electron chi connectivity index (χ0n) is 18.6. The highest BCUT2D eigenvalue weighted by molar-refractivity contribution is 14.0. The monoisotopic (exact) mass is 533 g/mol. The maximum atomic E-state index is 11.9. The van der Waals surface area contributed by atoms with Crippen molar-refractivity contribution >= 4 is 41.9 Å². The highest BCUT2D eigenvalue weighted by Gasteiger charge is 2.18. The molecule has 1 unspecified atom stereocenters. The van der Waals surface area contributed by atoms with E-state index in [1.54, 1.807) is 19.2 Å². The van der Waals surface area contributed by atoms with E-state index in [1.807, 2.05) is 32.9 Å². The minimum atomic E-state index is -0.530. The van der Waals surface area contributed by atoms with Crippen LogP contribution in [0.2, 0.25) is 0 Å². The first-order chi connectivity index (χ1) is 13.6. The van der Waals surface area contributed by atoms with Crippen LogP contribution in [0.15, 0.2) is 29.3 Å². The number of amides is 2. The van der Waals surface area contributed by atoms with Crippen molar-refractivity contribution in [1.82, 2.24) is 16.0 Å². The normalized spacial score (nSPS) is 12.4. The average molecular weight is 533 g/mol. The molecule has 0 aliphatic heterocycles. The SMILES string of the molecule is CCCCC(CNC(=O)OC(C)(C)C)NC(=NC)NCc1ccc(C(N)=O)cc1.I. The third kappa shape index (κ3) is 11.8. The maximum absolute atomic E-state index is 11.9. The van der Waals surface area contributed by atoms with Crippen molar-refractivity contribution in [3.05, 3.63) is 35.4 Å². The second kappa shape index (κ2) is 14.1. The van der Waals surface area contributed by atoms with Crippen LogP contribution < -0.4 is 21.7 Å². The lowest BCUT2D eigenvalue weighted by molar-refractivity contribution is 0.0522. The van der Waals surface area contributed by atoms with Crippen molar-refractivity contribution in [1.29, 1.82) is 0 Å². The van der Waals surface area contributed by atoms with E-state index in [0.717, 1.165) is 24.8 Å². The molecule has 0 saturated heterocycles. The summed E-state index contributed by atoms with van der Waals surface area (Å²) in [6.45, 7) is 8.60. The van der Waals surface area contributed by atoms with Crippen molar-refractivity contribution in [3.8, 4) is 0 Å². The van der Waals surface area contributed by atoms with Gasteiger partial charge in [0.05, 0.1) is 0 Å². The molecule has 0 aliphatic rings. The molecule has 5 N–H and O–H groups in total. The van der Waals surface area contributed by atoms with E-state index in [9.17, 15) is 9.59 Å². The maximum Gasteiger partial charge on any atom is 0.407 e. The molecule has 1 aromatic rings. The molecule has 1 rings (SSSR count). The van der Waals surface area contributed by atoms with E-state index in [0.29, 0.717) is 24.6 Å². The Hall–Kier alpha value is -2.04. The van der Waals surface area contributed by atoms with Gasteiger partial charge in [-0.25, -0.2) is 4.79 Å². The number of unbranched alkanes of at least 4 members (excludes halogenated alkanes) is 1. The van der Waals surface area contributed by atoms with Crippen LogP contribution >= 0.6 is 24.0 Å². The molecule has 8 nitrogen and oxygen atoms in total. The van der Waals surface area contributed by atoms with Crippen LogP contribution in [0, 0.1) is 0 Å². The summed E-state index contributed by atoms with van der Waals surface area (Å²) in [5.74, 6) is 0.189. The predicted molar refractivity (Wildman–Crippen MR) is 131 cm³/mol. The molecule has 0 aliphatic carbocycles. The van der Waals surface area contributed by atoms with Gasteiger partial charge in [-0.15, -0.1) is 24.0 Å². The number of hydrogen-bond donors (Lipinski definition) is 4. The van der Waals surface area contributed by atoms with Gasteiger partial charge in [0.25, 0.3) is 0 Å². The summed E-state index contributed by atoms with van der Waals surface area (Å²) in [4.78, 5) is 27.4. The summed E-state index contributed by atoms with van der Waals surface area (Å²) in [7, 11) is 1.70. The lowest BCUT2D eigenvalue weighted by atomic mass is 10.1. The van der Waals surface area contributed by atoms with E-state index in [2.05, 4.69) is 27.9 Å². The van der Waals surface area contributed by atoms with Gasteiger partial charge in [-0.2, -0.15) is 0 Å². The number of alkyl carbamates (subject to hydrolysis) is 1. The Morgan fingerprint density at radius 3 is 2.30 bits per heavy atom. The van der Waals surface area contributed by atoms with Crippen molar-refractivity contribution in [2.24, 2.45) is 10.7 Å². The van der Waals surface area contributed by atoms with Gasteiger partial charge in [0.1, 0.15) is 5.60 Å². The molecule has 9 heteroatoms. The number of nitrogens with two attached hydrogens (primary N) is 1. The lowest BCUT2D eigenvalue weighted by Gasteiger charge is -2.24. The molecule has 0 spiro atoms. The number of carbonyl (C=O) groups is 2. The molecule has 0 saturated carbocycles. The number of ether oxygens (including phenoxy) is 1. The lowest BCUT2D eigenvalue weighted by Crippen LogP contribution is -2.48. The smallest absolute Gasteiger partial charge is 0.407 e. The fraction of sp³-hybridized carbons (Fsp3) is 0.571. The first-order valence-corrected chi connectivity index (χ1v) is 9.97. The molecule has 0 aromatic heterocycles. The first kappa shape index (κ1) is 28.0. The zero-order chi connectivity index (χ0) is 21.9. The molecule has 1 aromatic carbocycles. The molecule has 0 radical (unpaired) electrons. The van der Waals surface area contributed by atoms with E-state index in [4.69, 9.17) is 10.5 Å². The molecule has 2 amide bonds. The Bertz CT molecular complexity index is 687. The Balaban J connectivity index is 0.00000841. The van der Waals surface area contributed by atoms with Crippen LogP contribution in [0.3, 0.4) is 0 Å². The van der Waals surface area contributed by atoms with Crippen LogP contribution in [-0.4, -0.2) is 43.2 Å². The summed E-state index contributed by atoms with van der Waals surface area (Å²) in [5, 5.41) is 9.42. The molecular weight excluding hydrogens is 497 g/mol. The molecule has 170 valence electrons. The topological polar surface area (TPSA) is 118 Å². The zero-order valence-corrected chi connectivity index (χ0v) is 20.9. The largest absolute Gasteiger partial charge is 0.444 e. The van der Waals surface area contributed by atoms with Gasteiger partial charge >= 0.3 is 6.09 Å². The van der Waals surface area contributed by atoms with Crippen molar-refractivity contribution in [3.63, 3.8) is 0 Å². The van der Waals surface area contributed by atoms with Crippen molar-refractivity contribution in [2.45, 2.75) is 65.1 Å². The summed E-state index contributed by atoms with van der Waals surface area (Å²) in [6, 6.07) is 7.11. The molecule has 1 atom stereocenters. The number of nitrogens with zero attached hydrogens (tertiary/aromatic N) is 1. The quantitative estimate of drug-likeness (QED) is 0.221. The van der Waals surface area contributed by atoms with Crippen molar-refractivity contribution < 1.29 is 14.3 Å². The van der Waals surface area contributed by atoms with Gasteiger partial charge < -0.3 is 26.4 Å². The van der Waals surface area contributed by atoms with Crippen LogP contribution in [-0.2, 0) is 11.3 Å². The number of carbonyl (C=O) groups excluding carboxylic acids is 2. The number of rotatable bonds is 9. The number of nitrogens with one attached hydrogen (secondary N) is 3. The Morgan fingerprint density at radius 2 is 1.80 bits per heavy atom. The average Bonchev–Trinajstić information content (AvgIpc) is 2.65. The first-order valence-electron chi connectivity index (χ1n) is 9.97. The molecular formula is C21H36IN5O3. The van der Waals surface area contributed by atoms with Gasteiger partial charge in [0, 0.05) is 31.7 Å². The van der Waals surface area contributed by atoms with Gasteiger partial charge in [-0.05, 0) is 44.9 Å². The van der Waals surface area contributed by atoms with E-state index < -0.39 is 17.6 Å². The van der Waals surface area contributed by atoms with Gasteiger partial charge in [-0.3, -0.25) is 9.79 Å². The van der Waals surface area contributed by atoms with Crippen LogP contribution in [0.5, 0.6) is 0 Å². The second-order valence-electron chi connectivity index (χ2n) is 7.85. The summed E-state index contributed by atoms with van der Waals surface area (Å²) in [5.41, 5.74) is 6.20. The Morgan fingerprint density at radius 1 is 1.17 bits per heavy atom. The molecule has 0 heterocycles. The Labute approximate surface area is 196 Å². The fourth-order valence-electron chi connectivity index (χ4n) is 2.56. The third-order valence-electron chi connectivity index (χ3n) is 4.06. The van der Waals surface area contributed by atoms with E-state index in [-0.39, 0.29) is 30.0 Å². The molecule has 0 bridgehead atoms. The summed E-state index contributed by atoms with van der Waals surface area (Å²) in [6.07, 6.45) is 2.54. The van der Waals surface area contributed by atoms with E-state index >= 15 is 0 Å². The fourth-order valence-corrected chi connectivity index (χ4v) is 2.56. The number of guanidine groups is 1. The highest BCUT2D eigenvalue weighted by atomic mass is 127. The predicted octanol–water partition coefficient (Wildman–Crippen LogP) is 3.15. The number of hydrogen-bond acceptors (Lipinski definition) is 4. The number of aliphatic imine (C=N–C) groups is 1. The molecule has 0 fully saturated rings. The van der Waals surface area contributed by atoms with Crippen LogP contribution in [0.25, 0.3) is 0 Å². The van der Waals surface area contributed by atoms with Crippen LogP contribution in [0.4, 0.5) is 4.79 Å². The van der Waals surface area contributed by atoms with Gasteiger partial charge in [0.2, 0.25) is 5.91 Å². The molecule has 30 heavy (non-hydrogen) atoms. The second-order valence-corrected chi connectivity index (χ2v) is 7.85. The van der Waals surface area contributed by atoms with Gasteiger partial charge in [0.15, 0.2) is 5.96 Å². The third-order valence-corrected chi connectivity index (χ3v) is 4.06. The van der Waals surface area contributed by atoms with Crippen molar-refractivity contribution in [2.75, 3.05) is 13.6 Å². The minimum Gasteiger partial charge on any atom is -0.444 e. The van der Waals surface area contributed by atoms with Crippen LogP contribution in [0.1, 0.15) is 62.9 Å². The summed E-state index contributed by atoms with van der Waals surface area (Å²) >= 11 is 0. The summed E-state index contributed by atoms with van der Waals surface area (Å²) < 4.78 is 5.30. The number of halogens is 1. The number of primary amides is 1. The van der Waals surface area contributed by atoms with E-state index in [1.165, 1.54) is 0 Å². The standard InChI is InChI=1S/C21H35N5O3.HI/c1-6-7-8-17(14-25-20(28)29-21(2,3)4)26-19(23-5)24-13-15-9-11-16(12-10-15)18(22)27;/h9-12,17H,6-8,13-14H2,1-5H3,(H2,22,27)(H,25,28)(H2,23,24,26);1H. The highest BCUT2D eigenvalue weighted by Crippen LogP contribution is 2.07. The Kier molecular flexibility index (Phi) is 13.1. The number of benzene rings is 1. The minimum absolute atomic E-state index is 0. The van der Waals surface area contributed by atoms with Gasteiger partial charge in [-0.1, -0.05) is 31.9 Å².